The molecule has 2 aliphatic rings. The van der Waals surface area contributed by atoms with E-state index in [9.17, 15) is 22.8 Å². The molecule has 0 radical (unpaired) electrons. The Hall–Kier alpha value is -3.80. The second kappa shape index (κ2) is 10.9. The first-order valence-corrected chi connectivity index (χ1v) is 11.0. The number of benzene rings is 2. The smallest absolute Gasteiger partial charge is 0.490 e. The third-order valence-electron chi connectivity index (χ3n) is 6.21. The highest BCUT2D eigenvalue weighted by Crippen LogP contribution is 2.33. The number of urea groups is 1. The van der Waals surface area contributed by atoms with Gasteiger partial charge in [-0.15, -0.1) is 0 Å². The van der Waals surface area contributed by atoms with Crippen molar-refractivity contribution < 1.29 is 37.4 Å². The van der Waals surface area contributed by atoms with E-state index in [0.717, 1.165) is 23.5 Å². The molecule has 0 aromatic heterocycles. The van der Waals surface area contributed by atoms with Crippen molar-refractivity contribution in [1.82, 2.24) is 9.80 Å². The third kappa shape index (κ3) is 6.25. The Morgan fingerprint density at radius 1 is 1.06 bits per heavy atom. The number of carbonyl (C=O) groups excluding carboxylic acids is 2. The van der Waals surface area contributed by atoms with Crippen LogP contribution in [0.3, 0.4) is 0 Å². The maximum absolute atomic E-state index is 12.8. The lowest BCUT2D eigenvalue weighted by Gasteiger charge is -2.46. The average Bonchev–Trinajstić information content (AvgIpc) is 3.28. The number of nitrogens with one attached hydrogen (secondary N) is 1. The summed E-state index contributed by atoms with van der Waals surface area (Å²) in [7, 11) is 3.59. The number of carbonyl (C=O) groups is 3. The zero-order valence-corrected chi connectivity index (χ0v) is 19.8. The molecule has 3 amide bonds. The molecule has 36 heavy (non-hydrogen) atoms. The number of halogens is 3. The molecule has 2 saturated heterocycles. The molecule has 0 saturated carbocycles. The highest BCUT2D eigenvalue weighted by molar-refractivity contribution is 5.96. The normalized spacial score (nSPS) is 20.1. The molecule has 2 aliphatic heterocycles. The van der Waals surface area contributed by atoms with Crippen molar-refractivity contribution in [2.75, 3.05) is 50.6 Å². The molecule has 2 aromatic carbocycles. The molecule has 2 heterocycles. The van der Waals surface area contributed by atoms with Crippen LogP contribution < -0.4 is 15.0 Å². The summed E-state index contributed by atoms with van der Waals surface area (Å²) < 4.78 is 36.9. The number of nitrogens with zero attached hydrogens (tertiary/aromatic N) is 3. The van der Waals surface area contributed by atoms with Gasteiger partial charge in [-0.2, -0.15) is 13.2 Å². The first kappa shape index (κ1) is 26.8. The summed E-state index contributed by atoms with van der Waals surface area (Å²) >= 11 is 0. The number of piperazine rings is 1. The van der Waals surface area contributed by atoms with Crippen LogP contribution in [-0.2, 0) is 9.59 Å². The zero-order valence-electron chi connectivity index (χ0n) is 19.8. The maximum atomic E-state index is 12.8. The molecule has 0 aliphatic carbocycles. The molecule has 1 spiro atoms. The lowest BCUT2D eigenvalue weighted by atomic mass is 9.92. The summed E-state index contributed by atoms with van der Waals surface area (Å²) in [5.74, 6) is -1.92. The van der Waals surface area contributed by atoms with E-state index in [2.05, 4.69) is 10.2 Å². The van der Waals surface area contributed by atoms with Crippen molar-refractivity contribution in [1.29, 1.82) is 0 Å². The summed E-state index contributed by atoms with van der Waals surface area (Å²) in [5.41, 5.74) is 1.40. The summed E-state index contributed by atoms with van der Waals surface area (Å²) in [5, 5.41) is 10.1. The van der Waals surface area contributed by atoms with E-state index in [4.69, 9.17) is 14.6 Å². The van der Waals surface area contributed by atoms with Crippen LogP contribution in [0.15, 0.2) is 54.6 Å². The van der Waals surface area contributed by atoms with Gasteiger partial charge in [0.05, 0.1) is 19.2 Å². The average molecular weight is 508 g/mol. The van der Waals surface area contributed by atoms with E-state index in [0.29, 0.717) is 26.2 Å². The Morgan fingerprint density at radius 2 is 1.67 bits per heavy atom. The fourth-order valence-electron chi connectivity index (χ4n) is 4.15. The maximum Gasteiger partial charge on any atom is 0.490 e. The molecule has 2 N–H and O–H groups in total. The van der Waals surface area contributed by atoms with Gasteiger partial charge in [0, 0.05) is 31.0 Å². The summed E-state index contributed by atoms with van der Waals surface area (Å²) in [6.45, 7) is 2.17. The standard InChI is InChI=1S/C22H26N4O3.C2HF3O2/c1-24-14-20(27)26(18-6-4-3-5-7-18)16-22(24)12-13-25(15-22)21(28)23-17-8-10-19(29-2)11-9-17;3-2(4,5)1(6)7/h3-11H,12-16H2,1-2H3,(H,23,28);(H,6,7). The van der Waals surface area contributed by atoms with Gasteiger partial charge in [-0.05, 0) is 49.9 Å². The Kier molecular flexibility index (Phi) is 8.08. The molecule has 2 fully saturated rings. The number of carboxylic acids is 1. The van der Waals surface area contributed by atoms with E-state index in [1.54, 1.807) is 7.11 Å². The predicted octanol–water partition coefficient (Wildman–Crippen LogP) is 3.28. The first-order valence-electron chi connectivity index (χ1n) is 11.0. The van der Waals surface area contributed by atoms with Crippen LogP contribution >= 0.6 is 0 Å². The van der Waals surface area contributed by atoms with Gasteiger partial charge in [0.1, 0.15) is 5.75 Å². The second-order valence-electron chi connectivity index (χ2n) is 8.53. The molecule has 9 nitrogen and oxygen atoms in total. The summed E-state index contributed by atoms with van der Waals surface area (Å²) in [6, 6.07) is 16.9. The topological polar surface area (TPSA) is 102 Å². The minimum atomic E-state index is -5.08. The van der Waals surface area contributed by atoms with E-state index in [1.165, 1.54) is 0 Å². The van der Waals surface area contributed by atoms with Gasteiger partial charge in [0.15, 0.2) is 0 Å². The van der Waals surface area contributed by atoms with Gasteiger partial charge in [0.2, 0.25) is 5.91 Å². The number of carboxylic acid groups (broad SMARTS) is 1. The number of methoxy groups -OCH3 is 1. The SMILES string of the molecule is COc1ccc(NC(=O)N2CCC3(C2)CN(c2ccccc2)C(=O)CN3C)cc1.O=C(O)C(F)(F)F. The molecule has 1 unspecified atom stereocenters. The third-order valence-corrected chi connectivity index (χ3v) is 6.21. The van der Waals surface area contributed by atoms with E-state index >= 15 is 0 Å². The fourth-order valence-corrected chi connectivity index (χ4v) is 4.15. The van der Waals surface area contributed by atoms with Gasteiger partial charge in [-0.1, -0.05) is 18.2 Å². The fraction of sp³-hybridized carbons (Fsp3) is 0.375. The predicted molar refractivity (Wildman–Crippen MR) is 126 cm³/mol. The number of rotatable bonds is 3. The van der Waals surface area contributed by atoms with Crippen molar-refractivity contribution >= 4 is 29.3 Å². The number of hydrogen-bond donors (Lipinski definition) is 2. The van der Waals surface area contributed by atoms with Crippen LogP contribution in [0, 0.1) is 0 Å². The lowest BCUT2D eigenvalue weighted by Crippen LogP contribution is -2.64. The molecular weight excluding hydrogens is 481 g/mol. The number of likely N-dealkylation sites (tertiary alicyclic amines) is 1. The van der Waals surface area contributed by atoms with Gasteiger partial charge < -0.3 is 25.0 Å². The van der Waals surface area contributed by atoms with Crippen LogP contribution in [0.25, 0.3) is 0 Å². The Morgan fingerprint density at radius 3 is 2.22 bits per heavy atom. The number of likely N-dealkylation sites (N-methyl/N-ethyl adjacent to an activating group) is 1. The Labute approximate surface area is 206 Å². The van der Waals surface area contributed by atoms with E-state index < -0.39 is 12.1 Å². The van der Waals surface area contributed by atoms with Crippen LogP contribution in [0.4, 0.5) is 29.3 Å². The molecule has 12 heteroatoms. The largest absolute Gasteiger partial charge is 0.497 e. The molecule has 0 bridgehead atoms. The number of aliphatic carboxylic acids is 1. The molecular formula is C24H27F3N4O5. The highest BCUT2D eigenvalue weighted by atomic mass is 19.4. The lowest BCUT2D eigenvalue weighted by molar-refractivity contribution is -0.192. The van der Waals surface area contributed by atoms with Crippen LogP contribution in [0.2, 0.25) is 0 Å². The monoisotopic (exact) mass is 508 g/mol. The van der Waals surface area contributed by atoms with Gasteiger partial charge >= 0.3 is 18.2 Å². The molecule has 2 aromatic rings. The van der Waals surface area contributed by atoms with Crippen molar-refractivity contribution in [3.05, 3.63) is 54.6 Å². The number of amides is 3. The van der Waals surface area contributed by atoms with Crippen LogP contribution in [-0.4, -0.2) is 84.9 Å². The van der Waals surface area contributed by atoms with Crippen LogP contribution in [0.1, 0.15) is 6.42 Å². The Balaban J connectivity index is 0.000000454. The number of ether oxygens (including phenoxy) is 1. The molecule has 194 valence electrons. The minimum Gasteiger partial charge on any atom is -0.497 e. The van der Waals surface area contributed by atoms with Crippen molar-refractivity contribution in [3.63, 3.8) is 0 Å². The summed E-state index contributed by atoms with van der Waals surface area (Å²) in [6.07, 6.45) is -4.25. The Bertz CT molecular complexity index is 1080. The molecule has 1 atom stereocenters. The van der Waals surface area contributed by atoms with Crippen LogP contribution in [0.5, 0.6) is 5.75 Å². The minimum absolute atomic E-state index is 0.0884. The molecule has 4 rings (SSSR count). The van der Waals surface area contributed by atoms with Gasteiger partial charge in [-0.25, -0.2) is 9.59 Å². The van der Waals surface area contributed by atoms with Crippen molar-refractivity contribution in [2.45, 2.75) is 18.1 Å². The van der Waals surface area contributed by atoms with Gasteiger partial charge in [-0.3, -0.25) is 9.69 Å². The summed E-state index contributed by atoms with van der Waals surface area (Å²) in [4.78, 5) is 40.1. The van der Waals surface area contributed by atoms with Crippen molar-refractivity contribution in [3.8, 4) is 5.75 Å². The number of para-hydroxylation sites is 1. The van der Waals surface area contributed by atoms with Crippen molar-refractivity contribution in [2.24, 2.45) is 0 Å². The van der Waals surface area contributed by atoms with Gasteiger partial charge in [0.25, 0.3) is 0 Å². The number of alkyl halides is 3. The first-order chi connectivity index (χ1) is 16.9. The zero-order chi connectivity index (χ0) is 26.5. The second-order valence-corrected chi connectivity index (χ2v) is 8.53. The van der Waals surface area contributed by atoms with E-state index in [1.807, 2.05) is 71.4 Å². The number of hydrogen-bond acceptors (Lipinski definition) is 5. The number of anilines is 2. The quantitative estimate of drug-likeness (QED) is 0.660. The highest BCUT2D eigenvalue weighted by Gasteiger charge is 2.48. The van der Waals surface area contributed by atoms with E-state index in [-0.39, 0.29) is 17.5 Å².